The highest BCUT2D eigenvalue weighted by molar-refractivity contribution is 7.47. The van der Waals surface area contributed by atoms with E-state index in [4.69, 9.17) is 24.8 Å². The smallest absolute Gasteiger partial charge is 0.472 e. The number of hydrogen-bond donors (Lipinski definition) is 3. The number of nitrogens with two attached hydrogens (primary N) is 1. The number of phosphoric ester groups is 1. The molecule has 0 amide bonds. The van der Waals surface area contributed by atoms with Crippen LogP contribution in [0.3, 0.4) is 0 Å². The van der Waals surface area contributed by atoms with Gasteiger partial charge in [0.15, 0.2) is 0 Å². The van der Waals surface area contributed by atoms with E-state index in [0.29, 0.717) is 6.61 Å². The Bertz CT molecular complexity index is 509. The first-order chi connectivity index (χ1) is 15.8. The van der Waals surface area contributed by atoms with Crippen molar-refractivity contribution in [1.82, 2.24) is 0 Å². The number of carboxylic acids is 1. The molecule has 0 rings (SSSR count). The molecule has 33 heavy (non-hydrogen) atoms. The molecule has 0 saturated carbocycles. The Labute approximate surface area is 200 Å². The zero-order chi connectivity index (χ0) is 24.8. The molecular formula is C23H48NO8P. The molecule has 0 radical (unpaired) electrons. The molecule has 0 aliphatic rings. The highest BCUT2D eigenvalue weighted by Gasteiger charge is 2.26. The molecule has 0 bridgehead atoms. The standard InChI is InChI=1S/C23H48NO8P/c1-3-4-5-6-7-8-9-10-11-12-13-14-15-16-17-30-18-21(29-2)19-31-33(27,28)32-20-22(24)23(25)26/h21-22H,3-20,24H2,1-2H3,(H,25,26)(H,27,28). The summed E-state index contributed by atoms with van der Waals surface area (Å²) in [7, 11) is -2.96. The van der Waals surface area contributed by atoms with E-state index in [0.717, 1.165) is 12.8 Å². The number of methoxy groups -OCH3 is 1. The van der Waals surface area contributed by atoms with Gasteiger partial charge in [0.2, 0.25) is 0 Å². The van der Waals surface area contributed by atoms with Gasteiger partial charge >= 0.3 is 13.8 Å². The molecule has 0 aromatic heterocycles. The minimum atomic E-state index is -4.41. The molecule has 0 aliphatic carbocycles. The Morgan fingerprint density at radius 3 is 1.73 bits per heavy atom. The van der Waals surface area contributed by atoms with Crippen LogP contribution in [0, 0.1) is 0 Å². The largest absolute Gasteiger partial charge is 0.480 e. The number of ether oxygens (including phenoxy) is 2. The Balaban J connectivity index is 3.56. The van der Waals surface area contributed by atoms with Crippen LogP contribution in [-0.4, -0.2) is 61.7 Å². The summed E-state index contributed by atoms with van der Waals surface area (Å²) in [5.41, 5.74) is 5.22. The Morgan fingerprint density at radius 2 is 1.27 bits per heavy atom. The monoisotopic (exact) mass is 497 g/mol. The minimum Gasteiger partial charge on any atom is -0.480 e. The molecule has 0 fully saturated rings. The van der Waals surface area contributed by atoms with Gasteiger partial charge in [-0.2, -0.15) is 0 Å². The summed E-state index contributed by atoms with van der Waals surface area (Å²) in [6.45, 7) is 2.23. The van der Waals surface area contributed by atoms with E-state index in [-0.39, 0.29) is 13.2 Å². The number of unbranched alkanes of at least 4 members (excludes halogenated alkanes) is 13. The molecule has 10 heteroatoms. The first kappa shape index (κ1) is 32.5. The molecule has 3 atom stereocenters. The van der Waals surface area contributed by atoms with E-state index >= 15 is 0 Å². The van der Waals surface area contributed by atoms with Crippen LogP contribution in [0.25, 0.3) is 0 Å². The lowest BCUT2D eigenvalue weighted by Crippen LogP contribution is -2.34. The zero-order valence-corrected chi connectivity index (χ0v) is 21.6. The van der Waals surface area contributed by atoms with Gasteiger partial charge in [0.05, 0.1) is 19.8 Å². The number of aliphatic carboxylic acids is 1. The molecular weight excluding hydrogens is 449 g/mol. The zero-order valence-electron chi connectivity index (χ0n) is 20.8. The van der Waals surface area contributed by atoms with Crippen LogP contribution in [0.5, 0.6) is 0 Å². The summed E-state index contributed by atoms with van der Waals surface area (Å²) in [5, 5.41) is 8.65. The van der Waals surface area contributed by atoms with Crippen molar-refractivity contribution in [3.05, 3.63) is 0 Å². The van der Waals surface area contributed by atoms with Gasteiger partial charge in [0.1, 0.15) is 12.1 Å². The number of hydrogen-bond acceptors (Lipinski definition) is 7. The molecule has 3 unspecified atom stereocenters. The highest BCUT2D eigenvalue weighted by atomic mass is 31.2. The van der Waals surface area contributed by atoms with E-state index in [2.05, 4.69) is 11.4 Å². The quantitative estimate of drug-likeness (QED) is 0.117. The van der Waals surface area contributed by atoms with Crippen molar-refractivity contribution in [2.45, 2.75) is 109 Å². The summed E-state index contributed by atoms with van der Waals surface area (Å²) in [4.78, 5) is 20.2. The first-order valence-electron chi connectivity index (χ1n) is 12.5. The second-order valence-electron chi connectivity index (χ2n) is 8.53. The molecule has 0 aromatic carbocycles. The third-order valence-corrected chi connectivity index (χ3v) is 6.39. The highest BCUT2D eigenvalue weighted by Crippen LogP contribution is 2.43. The van der Waals surface area contributed by atoms with Crippen molar-refractivity contribution in [3.8, 4) is 0 Å². The second kappa shape index (κ2) is 22.0. The van der Waals surface area contributed by atoms with E-state index < -0.39 is 32.5 Å². The van der Waals surface area contributed by atoms with Crippen LogP contribution in [0.2, 0.25) is 0 Å². The summed E-state index contributed by atoms with van der Waals surface area (Å²) in [6.07, 6.45) is 17.7. The minimum absolute atomic E-state index is 0.217. The number of carboxylic acid groups (broad SMARTS) is 1. The molecule has 198 valence electrons. The Morgan fingerprint density at radius 1 is 0.818 bits per heavy atom. The SMILES string of the molecule is CCCCCCCCCCCCCCCCOCC(COP(=O)(O)OCC(N)C(=O)O)OC. The van der Waals surface area contributed by atoms with Crippen molar-refractivity contribution in [1.29, 1.82) is 0 Å². The fourth-order valence-electron chi connectivity index (χ4n) is 3.26. The van der Waals surface area contributed by atoms with Crippen molar-refractivity contribution in [2.24, 2.45) is 5.73 Å². The van der Waals surface area contributed by atoms with E-state index in [1.54, 1.807) is 0 Å². The Kier molecular flexibility index (Phi) is 21.6. The van der Waals surface area contributed by atoms with Gasteiger partial charge in [-0.3, -0.25) is 13.8 Å². The second-order valence-corrected chi connectivity index (χ2v) is 9.99. The summed E-state index contributed by atoms with van der Waals surface area (Å²) < 4.78 is 31.9. The van der Waals surface area contributed by atoms with Crippen molar-refractivity contribution >= 4 is 13.8 Å². The van der Waals surface area contributed by atoms with Crippen molar-refractivity contribution < 1.29 is 37.9 Å². The molecule has 0 heterocycles. The lowest BCUT2D eigenvalue weighted by Gasteiger charge is -2.18. The lowest BCUT2D eigenvalue weighted by atomic mass is 10.0. The average molecular weight is 498 g/mol. The summed E-state index contributed by atoms with van der Waals surface area (Å²) in [6, 6.07) is -1.40. The van der Waals surface area contributed by atoms with Crippen LogP contribution in [0.4, 0.5) is 0 Å². The first-order valence-corrected chi connectivity index (χ1v) is 14.0. The fraction of sp³-hybridized carbons (Fsp3) is 0.957. The third-order valence-electron chi connectivity index (χ3n) is 5.44. The number of rotatable bonds is 25. The van der Waals surface area contributed by atoms with Gasteiger partial charge in [-0.25, -0.2) is 4.57 Å². The maximum atomic E-state index is 11.8. The van der Waals surface area contributed by atoms with Crippen LogP contribution in [0.1, 0.15) is 96.8 Å². The summed E-state index contributed by atoms with van der Waals surface area (Å²) in [5.74, 6) is -1.33. The van der Waals surface area contributed by atoms with Crippen LogP contribution < -0.4 is 5.73 Å². The molecule has 0 saturated heterocycles. The predicted molar refractivity (Wildman–Crippen MR) is 129 cm³/mol. The van der Waals surface area contributed by atoms with Crippen LogP contribution in [-0.2, 0) is 27.9 Å². The van der Waals surface area contributed by atoms with Gasteiger partial charge in [-0.1, -0.05) is 90.4 Å². The normalized spacial score (nSPS) is 15.3. The molecule has 9 nitrogen and oxygen atoms in total. The van der Waals surface area contributed by atoms with E-state index in [9.17, 15) is 14.3 Å². The lowest BCUT2D eigenvalue weighted by molar-refractivity contribution is -0.139. The fourth-order valence-corrected chi connectivity index (χ4v) is 4.04. The van der Waals surface area contributed by atoms with Gasteiger partial charge in [-0.15, -0.1) is 0 Å². The molecule has 0 spiro atoms. The molecule has 0 aromatic rings. The van der Waals surface area contributed by atoms with Gasteiger partial charge < -0.3 is 25.2 Å². The number of carbonyl (C=O) groups is 1. The third kappa shape index (κ3) is 21.7. The van der Waals surface area contributed by atoms with E-state index in [1.807, 2.05) is 0 Å². The van der Waals surface area contributed by atoms with Crippen molar-refractivity contribution in [2.75, 3.05) is 33.5 Å². The molecule has 0 aliphatic heterocycles. The van der Waals surface area contributed by atoms with Crippen LogP contribution in [0.15, 0.2) is 0 Å². The Hall–Kier alpha value is -0.540. The number of phosphoric acid groups is 1. The predicted octanol–water partition coefficient (Wildman–Crippen LogP) is 5.04. The average Bonchev–Trinajstić information content (AvgIpc) is 2.79. The van der Waals surface area contributed by atoms with E-state index in [1.165, 1.54) is 84.2 Å². The van der Waals surface area contributed by atoms with Crippen LogP contribution >= 0.6 is 7.82 Å². The van der Waals surface area contributed by atoms with Gasteiger partial charge in [-0.05, 0) is 6.42 Å². The topological polar surface area (TPSA) is 138 Å². The maximum Gasteiger partial charge on any atom is 0.472 e. The molecule has 4 N–H and O–H groups in total. The van der Waals surface area contributed by atoms with Crippen molar-refractivity contribution in [3.63, 3.8) is 0 Å². The van der Waals surface area contributed by atoms with Gasteiger partial charge in [0, 0.05) is 13.7 Å². The van der Waals surface area contributed by atoms with Gasteiger partial charge in [0.25, 0.3) is 0 Å². The summed E-state index contributed by atoms with van der Waals surface area (Å²) >= 11 is 0. The maximum absolute atomic E-state index is 11.8.